The van der Waals surface area contributed by atoms with Crippen molar-refractivity contribution in [2.24, 2.45) is 10.7 Å². The lowest BCUT2D eigenvalue weighted by Gasteiger charge is -2.08. The molecule has 0 bridgehead atoms. The Morgan fingerprint density at radius 2 is 2.11 bits per heavy atom. The van der Waals surface area contributed by atoms with Crippen molar-refractivity contribution in [2.75, 3.05) is 12.4 Å². The van der Waals surface area contributed by atoms with Gasteiger partial charge in [-0.3, -0.25) is 9.79 Å². The van der Waals surface area contributed by atoms with Crippen LogP contribution in [0.4, 0.5) is 5.69 Å². The molecule has 27 heavy (non-hydrogen) atoms. The monoisotopic (exact) mass is 364 g/mol. The first-order valence-corrected chi connectivity index (χ1v) is 7.99. The Kier molecular flexibility index (Phi) is 6.90. The molecule has 1 amide bonds. The number of hydrogen-bond acceptors (Lipinski definition) is 6. The zero-order chi connectivity index (χ0) is 19.6. The number of phenolic OH excluding ortho intramolecular Hbond substituents is 1. The van der Waals surface area contributed by atoms with Gasteiger partial charge < -0.3 is 26.3 Å². The van der Waals surface area contributed by atoms with Gasteiger partial charge in [0.05, 0.1) is 12.8 Å². The molecule has 0 aliphatic rings. The van der Waals surface area contributed by atoms with E-state index in [4.69, 9.17) is 15.9 Å². The second-order valence-corrected chi connectivity index (χ2v) is 5.35. The Labute approximate surface area is 157 Å². The molecule has 0 unspecified atom stereocenters. The number of hydrogen-bond donors (Lipinski definition) is 4. The van der Waals surface area contributed by atoms with Gasteiger partial charge in [0, 0.05) is 23.7 Å². The summed E-state index contributed by atoms with van der Waals surface area (Å²) in [5, 5.41) is 19.9. The summed E-state index contributed by atoms with van der Waals surface area (Å²) in [6.07, 6.45) is 7.23. The second kappa shape index (κ2) is 9.57. The van der Waals surface area contributed by atoms with Crippen molar-refractivity contribution in [3.8, 4) is 11.5 Å². The van der Waals surface area contributed by atoms with Gasteiger partial charge in [0.1, 0.15) is 0 Å². The number of nitrogens with two attached hydrogens (primary N) is 1. The molecule has 7 nitrogen and oxygen atoms in total. The highest BCUT2D eigenvalue weighted by Crippen LogP contribution is 2.26. The number of rotatable bonds is 7. The fraction of sp³-hybridized carbons (Fsp3) is 0.0500. The number of amides is 1. The third-order valence-corrected chi connectivity index (χ3v) is 3.47. The second-order valence-electron chi connectivity index (χ2n) is 5.35. The summed E-state index contributed by atoms with van der Waals surface area (Å²) in [7, 11) is 1.44. The molecule has 0 heterocycles. The fourth-order valence-corrected chi connectivity index (χ4v) is 2.16. The summed E-state index contributed by atoms with van der Waals surface area (Å²) in [6, 6.07) is 11.5. The van der Waals surface area contributed by atoms with E-state index in [0.717, 1.165) is 11.8 Å². The van der Waals surface area contributed by atoms with Crippen molar-refractivity contribution in [3.05, 3.63) is 77.6 Å². The lowest BCUT2D eigenvalue weighted by molar-refractivity contribution is 0.102. The number of allylic oxidation sites excluding steroid dienone is 3. The predicted octanol–water partition coefficient (Wildman–Crippen LogP) is 3.08. The Balaban J connectivity index is 2.14. The van der Waals surface area contributed by atoms with E-state index in [2.05, 4.69) is 10.3 Å². The van der Waals surface area contributed by atoms with E-state index in [-0.39, 0.29) is 11.7 Å². The van der Waals surface area contributed by atoms with E-state index in [9.17, 15) is 9.90 Å². The Hall–Kier alpha value is -3.87. The summed E-state index contributed by atoms with van der Waals surface area (Å²) in [4.78, 5) is 16.5. The molecule has 0 aliphatic carbocycles. The van der Waals surface area contributed by atoms with Crippen molar-refractivity contribution in [1.82, 2.24) is 0 Å². The summed E-state index contributed by atoms with van der Waals surface area (Å²) >= 11 is 0. The van der Waals surface area contributed by atoms with Crippen LogP contribution in [-0.2, 0) is 0 Å². The lowest BCUT2D eigenvalue weighted by atomic mass is 10.1. The van der Waals surface area contributed by atoms with Crippen LogP contribution in [0, 0.1) is 5.41 Å². The van der Waals surface area contributed by atoms with Gasteiger partial charge in [-0.25, -0.2) is 0 Å². The normalized spacial score (nSPS) is 11.7. The SMILES string of the molecule is COc1ccc(C(=O)Nc2cccc(C=NC(C=N)=CC=CN)c2)cc1O. The smallest absolute Gasteiger partial charge is 0.255 e. The third kappa shape index (κ3) is 5.57. The number of methoxy groups -OCH3 is 1. The minimum absolute atomic E-state index is 0.108. The summed E-state index contributed by atoms with van der Waals surface area (Å²) in [5.74, 6) is -0.178. The lowest BCUT2D eigenvalue weighted by Crippen LogP contribution is -2.12. The number of carbonyl (C=O) groups is 1. The van der Waals surface area contributed by atoms with Gasteiger partial charge in [0.2, 0.25) is 0 Å². The number of phenols is 1. The largest absolute Gasteiger partial charge is 0.504 e. The maximum absolute atomic E-state index is 12.4. The molecule has 0 saturated heterocycles. The molecule has 2 aromatic carbocycles. The number of carbonyl (C=O) groups excluding carboxylic acids is 1. The Morgan fingerprint density at radius 1 is 1.30 bits per heavy atom. The van der Waals surface area contributed by atoms with Crippen LogP contribution in [0.5, 0.6) is 11.5 Å². The molecule has 0 saturated carbocycles. The van der Waals surface area contributed by atoms with Crippen molar-refractivity contribution >= 4 is 24.0 Å². The highest BCUT2D eigenvalue weighted by molar-refractivity contribution is 6.05. The van der Waals surface area contributed by atoms with Gasteiger partial charge in [-0.1, -0.05) is 12.1 Å². The van der Waals surface area contributed by atoms with Crippen LogP contribution in [0.15, 0.2) is 71.5 Å². The molecular weight excluding hydrogens is 344 g/mol. The number of aromatic hydroxyl groups is 1. The van der Waals surface area contributed by atoms with E-state index in [0.29, 0.717) is 22.7 Å². The molecule has 2 aromatic rings. The van der Waals surface area contributed by atoms with Gasteiger partial charge in [0.15, 0.2) is 11.5 Å². The summed E-state index contributed by atoms with van der Waals surface area (Å²) < 4.78 is 4.97. The zero-order valence-electron chi connectivity index (χ0n) is 14.7. The number of anilines is 1. The number of ether oxygens (including phenoxy) is 1. The van der Waals surface area contributed by atoms with E-state index < -0.39 is 0 Å². The molecule has 2 rings (SSSR count). The molecule has 0 atom stereocenters. The molecule has 138 valence electrons. The van der Waals surface area contributed by atoms with E-state index in [1.54, 1.807) is 42.6 Å². The quantitative estimate of drug-likeness (QED) is 0.445. The van der Waals surface area contributed by atoms with E-state index >= 15 is 0 Å². The predicted molar refractivity (Wildman–Crippen MR) is 107 cm³/mol. The van der Waals surface area contributed by atoms with E-state index in [1.807, 2.05) is 6.07 Å². The Morgan fingerprint density at radius 3 is 2.78 bits per heavy atom. The number of benzene rings is 2. The fourth-order valence-electron chi connectivity index (χ4n) is 2.16. The van der Waals surface area contributed by atoms with Gasteiger partial charge >= 0.3 is 0 Å². The van der Waals surface area contributed by atoms with Crippen LogP contribution in [0.25, 0.3) is 0 Å². The number of aliphatic imine (C=N–C) groups is 1. The van der Waals surface area contributed by atoms with Crippen molar-refractivity contribution in [1.29, 1.82) is 5.41 Å². The van der Waals surface area contributed by atoms with Crippen molar-refractivity contribution < 1.29 is 14.6 Å². The van der Waals surface area contributed by atoms with Crippen LogP contribution in [0.2, 0.25) is 0 Å². The summed E-state index contributed by atoms with van der Waals surface area (Å²) in [5.41, 5.74) is 7.31. The maximum Gasteiger partial charge on any atom is 0.255 e. The van der Waals surface area contributed by atoms with Crippen molar-refractivity contribution in [2.45, 2.75) is 0 Å². The molecular formula is C20H20N4O3. The minimum Gasteiger partial charge on any atom is -0.504 e. The van der Waals surface area contributed by atoms with Crippen LogP contribution < -0.4 is 15.8 Å². The molecule has 0 radical (unpaired) electrons. The number of nitrogens with zero attached hydrogens (tertiary/aromatic N) is 1. The average molecular weight is 364 g/mol. The average Bonchev–Trinajstić information content (AvgIpc) is 2.68. The zero-order valence-corrected chi connectivity index (χ0v) is 14.7. The first-order valence-electron chi connectivity index (χ1n) is 7.99. The first kappa shape index (κ1) is 19.5. The molecule has 7 heteroatoms. The highest BCUT2D eigenvalue weighted by atomic mass is 16.5. The van der Waals surface area contributed by atoms with Crippen LogP contribution in [0.3, 0.4) is 0 Å². The van der Waals surface area contributed by atoms with Gasteiger partial charge in [-0.15, -0.1) is 0 Å². The minimum atomic E-state index is -0.366. The number of nitrogens with one attached hydrogen (secondary N) is 2. The van der Waals surface area contributed by atoms with E-state index in [1.165, 1.54) is 25.4 Å². The highest BCUT2D eigenvalue weighted by Gasteiger charge is 2.10. The molecule has 0 spiro atoms. The molecule has 0 fully saturated rings. The topological polar surface area (TPSA) is 121 Å². The van der Waals surface area contributed by atoms with Crippen LogP contribution in [-0.4, -0.2) is 30.6 Å². The van der Waals surface area contributed by atoms with Gasteiger partial charge in [0.25, 0.3) is 5.91 Å². The van der Waals surface area contributed by atoms with Crippen LogP contribution in [0.1, 0.15) is 15.9 Å². The van der Waals surface area contributed by atoms with Gasteiger partial charge in [-0.05, 0) is 54.2 Å². The molecule has 0 aromatic heterocycles. The van der Waals surface area contributed by atoms with Gasteiger partial charge in [-0.2, -0.15) is 0 Å². The van der Waals surface area contributed by atoms with Crippen molar-refractivity contribution in [3.63, 3.8) is 0 Å². The molecule has 0 aliphatic heterocycles. The maximum atomic E-state index is 12.4. The first-order chi connectivity index (χ1) is 13.1. The standard InChI is InChI=1S/C20H20N4O3/c1-27-19-8-7-15(11-18(19)25)20(26)24-16-5-2-4-14(10-16)13-23-17(12-22)6-3-9-21/h2-13,22,25H,21H2,1H3,(H,24,26). The molecule has 5 N–H and O–H groups in total. The summed E-state index contributed by atoms with van der Waals surface area (Å²) in [6.45, 7) is 0. The Bertz CT molecular complexity index is 917. The third-order valence-electron chi connectivity index (χ3n) is 3.47. The van der Waals surface area contributed by atoms with Crippen LogP contribution >= 0.6 is 0 Å².